The molecule has 0 heterocycles. The lowest BCUT2D eigenvalue weighted by Crippen LogP contribution is -2.38. The summed E-state index contributed by atoms with van der Waals surface area (Å²) in [5, 5.41) is 2.92. The van der Waals surface area contributed by atoms with Crippen LogP contribution in [-0.2, 0) is 4.74 Å². The second kappa shape index (κ2) is 5.53. The SMILES string of the molecule is CC(C)(C)OC(=O)N[C@H]1CC[C@H](CCN)C1. The summed E-state index contributed by atoms with van der Waals surface area (Å²) in [6.45, 7) is 6.36. The van der Waals surface area contributed by atoms with E-state index in [1.54, 1.807) is 0 Å². The highest BCUT2D eigenvalue weighted by Crippen LogP contribution is 2.27. The Morgan fingerprint density at radius 2 is 2.12 bits per heavy atom. The Morgan fingerprint density at radius 3 is 2.69 bits per heavy atom. The molecule has 0 spiro atoms. The largest absolute Gasteiger partial charge is 0.444 e. The average Bonchev–Trinajstić information content (AvgIpc) is 2.49. The second-order valence-electron chi connectivity index (χ2n) is 5.60. The molecular formula is C12H24N2O2. The molecule has 0 saturated heterocycles. The van der Waals surface area contributed by atoms with E-state index in [-0.39, 0.29) is 12.1 Å². The Kier molecular flexibility index (Phi) is 4.59. The summed E-state index contributed by atoms with van der Waals surface area (Å²) < 4.78 is 5.22. The zero-order chi connectivity index (χ0) is 12.2. The molecule has 0 aromatic heterocycles. The van der Waals surface area contributed by atoms with Crippen LogP contribution in [0.25, 0.3) is 0 Å². The first-order valence-electron chi connectivity index (χ1n) is 6.10. The number of hydrogen-bond acceptors (Lipinski definition) is 3. The van der Waals surface area contributed by atoms with Crippen molar-refractivity contribution in [2.75, 3.05) is 6.54 Å². The number of alkyl carbamates (subject to hydrolysis) is 1. The first-order chi connectivity index (χ1) is 7.40. The van der Waals surface area contributed by atoms with E-state index in [9.17, 15) is 4.79 Å². The van der Waals surface area contributed by atoms with Gasteiger partial charge in [-0.25, -0.2) is 4.79 Å². The first kappa shape index (κ1) is 13.3. The van der Waals surface area contributed by atoms with Crippen molar-refractivity contribution in [1.82, 2.24) is 5.32 Å². The van der Waals surface area contributed by atoms with Gasteiger partial charge in [0.15, 0.2) is 0 Å². The minimum Gasteiger partial charge on any atom is -0.444 e. The molecule has 1 fully saturated rings. The molecule has 0 radical (unpaired) electrons. The van der Waals surface area contributed by atoms with Gasteiger partial charge in [0.1, 0.15) is 5.60 Å². The Bertz CT molecular complexity index is 236. The highest BCUT2D eigenvalue weighted by atomic mass is 16.6. The van der Waals surface area contributed by atoms with Crippen LogP contribution in [0, 0.1) is 5.92 Å². The number of nitrogens with two attached hydrogens (primary N) is 1. The predicted octanol–water partition coefficient (Wildman–Crippen LogP) is 2.03. The quantitative estimate of drug-likeness (QED) is 0.776. The lowest BCUT2D eigenvalue weighted by Gasteiger charge is -2.21. The topological polar surface area (TPSA) is 64.3 Å². The van der Waals surface area contributed by atoms with Crippen molar-refractivity contribution in [2.24, 2.45) is 11.7 Å². The molecule has 1 rings (SSSR count). The van der Waals surface area contributed by atoms with Crippen LogP contribution in [0.4, 0.5) is 4.79 Å². The normalized spacial score (nSPS) is 25.5. The van der Waals surface area contributed by atoms with Crippen molar-refractivity contribution in [3.8, 4) is 0 Å². The molecule has 4 nitrogen and oxygen atoms in total. The zero-order valence-corrected chi connectivity index (χ0v) is 10.6. The van der Waals surface area contributed by atoms with Gasteiger partial charge < -0.3 is 15.8 Å². The number of amides is 1. The molecule has 0 aliphatic heterocycles. The van der Waals surface area contributed by atoms with Crippen molar-refractivity contribution in [2.45, 2.75) is 58.1 Å². The van der Waals surface area contributed by atoms with Crippen LogP contribution in [0.1, 0.15) is 46.5 Å². The standard InChI is InChI=1S/C12H24N2O2/c1-12(2,3)16-11(15)14-10-5-4-9(8-10)6-7-13/h9-10H,4-8,13H2,1-3H3,(H,14,15)/t9-,10+/m1/s1. The summed E-state index contributed by atoms with van der Waals surface area (Å²) >= 11 is 0. The lowest BCUT2D eigenvalue weighted by molar-refractivity contribution is 0.0504. The van der Waals surface area contributed by atoms with Gasteiger partial charge in [-0.3, -0.25) is 0 Å². The number of carbonyl (C=O) groups is 1. The summed E-state index contributed by atoms with van der Waals surface area (Å²) in [4.78, 5) is 11.5. The average molecular weight is 228 g/mol. The number of carbonyl (C=O) groups excluding carboxylic acids is 1. The molecule has 4 heteroatoms. The molecule has 0 aromatic rings. The van der Waals surface area contributed by atoms with E-state index in [0.717, 1.165) is 32.2 Å². The van der Waals surface area contributed by atoms with Gasteiger partial charge in [-0.05, 0) is 58.9 Å². The van der Waals surface area contributed by atoms with Gasteiger partial charge in [0.2, 0.25) is 0 Å². The van der Waals surface area contributed by atoms with Crippen LogP contribution in [0.2, 0.25) is 0 Å². The van der Waals surface area contributed by atoms with Gasteiger partial charge >= 0.3 is 6.09 Å². The summed E-state index contributed by atoms with van der Waals surface area (Å²) in [5.74, 6) is 0.671. The van der Waals surface area contributed by atoms with Gasteiger partial charge in [0, 0.05) is 6.04 Å². The number of rotatable bonds is 3. The minimum atomic E-state index is -0.417. The fourth-order valence-corrected chi connectivity index (χ4v) is 2.18. The smallest absolute Gasteiger partial charge is 0.407 e. The van der Waals surface area contributed by atoms with Crippen molar-refractivity contribution in [3.63, 3.8) is 0 Å². The van der Waals surface area contributed by atoms with E-state index < -0.39 is 5.60 Å². The highest BCUT2D eigenvalue weighted by molar-refractivity contribution is 5.68. The van der Waals surface area contributed by atoms with Crippen molar-refractivity contribution in [1.29, 1.82) is 0 Å². The van der Waals surface area contributed by atoms with Crippen LogP contribution in [0.15, 0.2) is 0 Å². The molecule has 3 N–H and O–H groups in total. The van der Waals surface area contributed by atoms with Crippen LogP contribution in [0.3, 0.4) is 0 Å². The van der Waals surface area contributed by atoms with Gasteiger partial charge in [0.25, 0.3) is 0 Å². The molecule has 0 unspecified atom stereocenters. The van der Waals surface area contributed by atoms with Crippen LogP contribution in [-0.4, -0.2) is 24.3 Å². The zero-order valence-electron chi connectivity index (χ0n) is 10.6. The molecule has 1 aliphatic carbocycles. The first-order valence-corrected chi connectivity index (χ1v) is 6.10. The molecule has 1 saturated carbocycles. The summed E-state index contributed by atoms with van der Waals surface area (Å²) in [5.41, 5.74) is 5.11. The Morgan fingerprint density at radius 1 is 1.44 bits per heavy atom. The van der Waals surface area contributed by atoms with Crippen LogP contribution < -0.4 is 11.1 Å². The van der Waals surface area contributed by atoms with E-state index in [1.807, 2.05) is 20.8 Å². The van der Waals surface area contributed by atoms with Gasteiger partial charge in [-0.15, -0.1) is 0 Å². The number of nitrogens with one attached hydrogen (secondary N) is 1. The van der Waals surface area contributed by atoms with E-state index in [0.29, 0.717) is 5.92 Å². The molecule has 16 heavy (non-hydrogen) atoms. The van der Waals surface area contributed by atoms with Gasteiger partial charge in [-0.2, -0.15) is 0 Å². The van der Waals surface area contributed by atoms with Gasteiger partial charge in [-0.1, -0.05) is 0 Å². The third-order valence-corrected chi connectivity index (χ3v) is 2.84. The van der Waals surface area contributed by atoms with Crippen LogP contribution in [0.5, 0.6) is 0 Å². The number of hydrogen-bond donors (Lipinski definition) is 2. The minimum absolute atomic E-state index is 0.270. The Labute approximate surface area is 97.9 Å². The summed E-state index contributed by atoms with van der Waals surface area (Å²) in [6, 6.07) is 0.270. The molecule has 94 valence electrons. The maximum Gasteiger partial charge on any atom is 0.407 e. The Hall–Kier alpha value is -0.770. The lowest BCUT2D eigenvalue weighted by atomic mass is 10.0. The monoisotopic (exact) mass is 228 g/mol. The maximum absolute atomic E-state index is 11.5. The Balaban J connectivity index is 2.26. The molecule has 1 amide bonds. The second-order valence-corrected chi connectivity index (χ2v) is 5.60. The van der Waals surface area contributed by atoms with Crippen molar-refractivity contribution >= 4 is 6.09 Å². The molecule has 0 bridgehead atoms. The van der Waals surface area contributed by atoms with E-state index in [4.69, 9.17) is 10.5 Å². The molecular weight excluding hydrogens is 204 g/mol. The van der Waals surface area contributed by atoms with Gasteiger partial charge in [0.05, 0.1) is 0 Å². The van der Waals surface area contributed by atoms with Crippen LogP contribution >= 0.6 is 0 Å². The highest BCUT2D eigenvalue weighted by Gasteiger charge is 2.26. The third-order valence-electron chi connectivity index (χ3n) is 2.84. The fraction of sp³-hybridized carbons (Fsp3) is 0.917. The molecule has 2 atom stereocenters. The predicted molar refractivity (Wildman–Crippen MR) is 64.2 cm³/mol. The van der Waals surface area contributed by atoms with E-state index in [1.165, 1.54) is 0 Å². The maximum atomic E-state index is 11.5. The molecule has 0 aromatic carbocycles. The van der Waals surface area contributed by atoms with E-state index >= 15 is 0 Å². The summed E-state index contributed by atoms with van der Waals surface area (Å²) in [6.07, 6.45) is 4.01. The third kappa shape index (κ3) is 4.84. The molecule has 1 aliphatic rings. The van der Waals surface area contributed by atoms with E-state index in [2.05, 4.69) is 5.32 Å². The summed E-state index contributed by atoms with van der Waals surface area (Å²) in [7, 11) is 0. The fourth-order valence-electron chi connectivity index (χ4n) is 2.18. The van der Waals surface area contributed by atoms with Crippen molar-refractivity contribution in [3.05, 3.63) is 0 Å². The van der Waals surface area contributed by atoms with Crippen molar-refractivity contribution < 1.29 is 9.53 Å². The number of ether oxygens (including phenoxy) is 1.